The highest BCUT2D eigenvalue weighted by molar-refractivity contribution is 7.97. The van der Waals surface area contributed by atoms with Crippen LogP contribution in [0.5, 0.6) is 5.75 Å². The number of hydrogen-bond acceptors (Lipinski definition) is 6. The quantitative estimate of drug-likeness (QED) is 0.441. The van der Waals surface area contributed by atoms with E-state index in [4.69, 9.17) is 4.74 Å². The zero-order valence-corrected chi connectivity index (χ0v) is 18.6. The summed E-state index contributed by atoms with van der Waals surface area (Å²) >= 11 is 3.16. The van der Waals surface area contributed by atoms with Crippen LogP contribution < -0.4 is 10.1 Å². The zero-order valence-electron chi connectivity index (χ0n) is 17.0. The molecule has 6 nitrogen and oxygen atoms in total. The number of fused-ring (bicyclic) bond motifs is 1. The molecule has 0 fully saturated rings. The average molecular weight is 439 g/mol. The van der Waals surface area contributed by atoms with Gasteiger partial charge in [-0.15, -0.1) is 11.3 Å². The number of aromatic nitrogens is 3. The largest absolute Gasteiger partial charge is 0.497 e. The number of aryl methyl sites for hydroxylation is 1. The van der Waals surface area contributed by atoms with Crippen molar-refractivity contribution in [1.82, 2.24) is 14.5 Å². The van der Waals surface area contributed by atoms with E-state index >= 15 is 0 Å². The first kappa shape index (κ1) is 20.4. The summed E-state index contributed by atoms with van der Waals surface area (Å²) in [7, 11) is 1.64. The summed E-state index contributed by atoms with van der Waals surface area (Å²) in [5.41, 5.74) is 3.73. The molecule has 30 heavy (non-hydrogen) atoms. The molecule has 1 amide bonds. The van der Waals surface area contributed by atoms with Crippen LogP contribution in [0.4, 0.5) is 5.13 Å². The Morgan fingerprint density at radius 1 is 1.17 bits per heavy atom. The first-order valence-corrected chi connectivity index (χ1v) is 11.6. The van der Waals surface area contributed by atoms with E-state index in [0.29, 0.717) is 5.13 Å². The van der Waals surface area contributed by atoms with Crippen LogP contribution >= 0.6 is 23.1 Å². The predicted molar refractivity (Wildman–Crippen MR) is 124 cm³/mol. The number of para-hydroxylation sites is 2. The minimum absolute atomic E-state index is 0.115. The molecule has 0 aliphatic carbocycles. The Balaban J connectivity index is 1.54. The number of carbonyl (C=O) groups is 1. The summed E-state index contributed by atoms with van der Waals surface area (Å²) < 4.78 is 7.19. The molecule has 0 saturated carbocycles. The highest BCUT2D eigenvalue weighted by Gasteiger charge is 2.16. The Kier molecular flexibility index (Phi) is 6.06. The number of hydrogen-bond donors (Lipinski definition) is 1. The van der Waals surface area contributed by atoms with E-state index in [2.05, 4.69) is 15.3 Å². The lowest BCUT2D eigenvalue weighted by atomic mass is 10.1. The van der Waals surface area contributed by atoms with E-state index < -0.39 is 0 Å². The van der Waals surface area contributed by atoms with Gasteiger partial charge >= 0.3 is 0 Å². The standard InChI is InChI=1S/C22H22N4O2S2/c1-14-21(15-8-10-16(28-2)11-9-15)25-22(30-14)24-20(27)12-26-18-7-5-4-6-17(18)23-19(26)13-29-3/h4-11H,12-13H2,1-3H3,(H,24,25,27). The van der Waals surface area contributed by atoms with Gasteiger partial charge in [-0.2, -0.15) is 11.8 Å². The third kappa shape index (κ3) is 4.20. The van der Waals surface area contributed by atoms with Crippen molar-refractivity contribution in [1.29, 1.82) is 0 Å². The lowest BCUT2D eigenvalue weighted by Gasteiger charge is -2.08. The Morgan fingerprint density at radius 3 is 2.67 bits per heavy atom. The second-order valence-electron chi connectivity index (χ2n) is 6.74. The lowest BCUT2D eigenvalue weighted by molar-refractivity contribution is -0.116. The maximum absolute atomic E-state index is 12.8. The third-order valence-corrected chi connectivity index (χ3v) is 6.15. The molecule has 0 bridgehead atoms. The maximum Gasteiger partial charge on any atom is 0.246 e. The fourth-order valence-corrected chi connectivity index (χ4v) is 4.64. The van der Waals surface area contributed by atoms with Crippen LogP contribution in [-0.4, -0.2) is 33.8 Å². The van der Waals surface area contributed by atoms with Crippen LogP contribution in [0.1, 0.15) is 10.7 Å². The van der Waals surface area contributed by atoms with Gasteiger partial charge in [0.2, 0.25) is 5.91 Å². The molecule has 0 saturated heterocycles. The summed E-state index contributed by atoms with van der Waals surface area (Å²) in [6, 6.07) is 15.6. The fraction of sp³-hybridized carbons (Fsp3) is 0.227. The molecule has 0 spiro atoms. The normalized spacial score (nSPS) is 11.0. The molecule has 0 aliphatic rings. The number of benzene rings is 2. The first-order valence-electron chi connectivity index (χ1n) is 9.44. The minimum Gasteiger partial charge on any atom is -0.497 e. The van der Waals surface area contributed by atoms with Gasteiger partial charge < -0.3 is 14.6 Å². The first-order chi connectivity index (χ1) is 14.6. The van der Waals surface area contributed by atoms with Crippen molar-refractivity contribution in [2.75, 3.05) is 18.7 Å². The summed E-state index contributed by atoms with van der Waals surface area (Å²) in [6.45, 7) is 2.21. The van der Waals surface area contributed by atoms with Crippen LogP contribution in [0.2, 0.25) is 0 Å². The number of thioether (sulfide) groups is 1. The van der Waals surface area contributed by atoms with Crippen molar-refractivity contribution >= 4 is 45.2 Å². The molecular formula is C22H22N4O2S2. The van der Waals surface area contributed by atoms with E-state index in [1.54, 1.807) is 18.9 Å². The minimum atomic E-state index is -0.115. The molecule has 0 atom stereocenters. The topological polar surface area (TPSA) is 69.0 Å². The number of thiazole rings is 1. The molecule has 0 radical (unpaired) electrons. The number of ether oxygens (including phenoxy) is 1. The second-order valence-corrected chi connectivity index (χ2v) is 8.81. The molecule has 2 aromatic heterocycles. The van der Waals surface area contributed by atoms with E-state index in [9.17, 15) is 4.79 Å². The predicted octanol–water partition coefficient (Wildman–Crippen LogP) is 4.98. The maximum atomic E-state index is 12.8. The molecule has 154 valence electrons. The summed E-state index contributed by atoms with van der Waals surface area (Å²) in [4.78, 5) is 23.2. The Hall–Kier alpha value is -2.84. The van der Waals surface area contributed by atoms with Gasteiger partial charge in [0.15, 0.2) is 5.13 Å². The van der Waals surface area contributed by atoms with E-state index in [0.717, 1.165) is 44.5 Å². The Bertz CT molecular complexity index is 1180. The van der Waals surface area contributed by atoms with Crippen molar-refractivity contribution in [2.24, 2.45) is 0 Å². The Morgan fingerprint density at radius 2 is 1.93 bits per heavy atom. The number of rotatable bonds is 7. The van der Waals surface area contributed by atoms with Gasteiger partial charge in [0, 0.05) is 10.4 Å². The van der Waals surface area contributed by atoms with Gasteiger partial charge in [0.05, 0.1) is 29.6 Å². The van der Waals surface area contributed by atoms with Crippen molar-refractivity contribution < 1.29 is 9.53 Å². The molecule has 2 heterocycles. The van der Waals surface area contributed by atoms with Crippen LogP contribution in [0.15, 0.2) is 48.5 Å². The zero-order chi connectivity index (χ0) is 21.1. The van der Waals surface area contributed by atoms with Gasteiger partial charge in [-0.05, 0) is 49.6 Å². The van der Waals surface area contributed by atoms with Gasteiger partial charge in [0.25, 0.3) is 0 Å². The number of imidazole rings is 1. The van der Waals surface area contributed by atoms with Gasteiger partial charge in [-0.25, -0.2) is 9.97 Å². The van der Waals surface area contributed by atoms with Gasteiger partial charge in [-0.1, -0.05) is 12.1 Å². The monoisotopic (exact) mass is 438 g/mol. The number of nitrogens with zero attached hydrogens (tertiary/aromatic N) is 3. The van der Waals surface area contributed by atoms with Crippen molar-refractivity contribution in [3.63, 3.8) is 0 Å². The van der Waals surface area contributed by atoms with Crippen LogP contribution in [0.25, 0.3) is 22.3 Å². The molecule has 2 aromatic carbocycles. The van der Waals surface area contributed by atoms with E-state index in [1.165, 1.54) is 11.3 Å². The number of nitrogens with one attached hydrogen (secondary N) is 1. The second kappa shape index (κ2) is 8.89. The van der Waals surface area contributed by atoms with E-state index in [1.807, 2.05) is 66.3 Å². The number of methoxy groups -OCH3 is 1. The molecule has 0 unspecified atom stereocenters. The molecule has 4 rings (SSSR count). The Labute approximate surface area is 183 Å². The molecule has 4 aromatic rings. The third-order valence-electron chi connectivity index (χ3n) is 4.72. The summed E-state index contributed by atoms with van der Waals surface area (Å²) in [5.74, 6) is 2.33. The van der Waals surface area contributed by atoms with Crippen molar-refractivity contribution in [3.8, 4) is 17.0 Å². The van der Waals surface area contributed by atoms with Crippen LogP contribution in [0.3, 0.4) is 0 Å². The number of carbonyl (C=O) groups excluding carboxylic acids is 1. The van der Waals surface area contributed by atoms with Crippen molar-refractivity contribution in [2.45, 2.75) is 19.2 Å². The van der Waals surface area contributed by atoms with E-state index in [-0.39, 0.29) is 12.5 Å². The number of amides is 1. The van der Waals surface area contributed by atoms with Gasteiger partial charge in [-0.3, -0.25) is 4.79 Å². The molecular weight excluding hydrogens is 416 g/mol. The molecule has 8 heteroatoms. The van der Waals surface area contributed by atoms with Gasteiger partial charge in [0.1, 0.15) is 18.1 Å². The average Bonchev–Trinajstić information content (AvgIpc) is 3.28. The molecule has 1 N–H and O–H groups in total. The highest BCUT2D eigenvalue weighted by atomic mass is 32.2. The summed E-state index contributed by atoms with van der Waals surface area (Å²) in [6.07, 6.45) is 2.03. The lowest BCUT2D eigenvalue weighted by Crippen LogP contribution is -2.20. The SMILES string of the molecule is COc1ccc(-c2nc(NC(=O)Cn3c(CSC)nc4ccccc43)sc2C)cc1. The smallest absolute Gasteiger partial charge is 0.246 e. The fourth-order valence-electron chi connectivity index (χ4n) is 3.31. The number of anilines is 1. The van der Waals surface area contributed by atoms with Crippen molar-refractivity contribution in [3.05, 3.63) is 59.2 Å². The highest BCUT2D eigenvalue weighted by Crippen LogP contribution is 2.31. The molecule has 0 aliphatic heterocycles. The summed E-state index contributed by atoms with van der Waals surface area (Å²) in [5, 5.41) is 3.55. The van der Waals surface area contributed by atoms with Crippen LogP contribution in [0, 0.1) is 6.92 Å². The van der Waals surface area contributed by atoms with Crippen LogP contribution in [-0.2, 0) is 17.1 Å².